The van der Waals surface area contributed by atoms with Crippen molar-refractivity contribution in [2.45, 2.75) is 78.4 Å². The summed E-state index contributed by atoms with van der Waals surface area (Å²) >= 11 is 1.99. The van der Waals surface area contributed by atoms with E-state index in [1.54, 1.807) is 0 Å². The average Bonchev–Trinajstić information content (AvgIpc) is 3.07. The molecule has 1 aliphatic rings. The summed E-state index contributed by atoms with van der Waals surface area (Å²) in [5, 5.41) is 0. The predicted octanol–water partition coefficient (Wildman–Crippen LogP) is 7.99. The Kier molecular flexibility index (Phi) is 15.4. The fourth-order valence-corrected chi connectivity index (χ4v) is 6.41. The van der Waals surface area contributed by atoms with E-state index in [9.17, 15) is 4.79 Å². The van der Waals surface area contributed by atoms with Gasteiger partial charge >= 0.3 is 196 Å². The van der Waals surface area contributed by atoms with Crippen LogP contribution in [0.4, 0.5) is 10.5 Å². The molecule has 0 aliphatic carbocycles. The van der Waals surface area contributed by atoms with Gasteiger partial charge in [0.05, 0.1) is 0 Å². The second-order valence-electron chi connectivity index (χ2n) is 11.8. The van der Waals surface area contributed by atoms with Crippen molar-refractivity contribution < 1.29 is 9.53 Å². The number of halogens is 1. The van der Waals surface area contributed by atoms with Gasteiger partial charge in [0.15, 0.2) is 0 Å². The first-order valence-electron chi connectivity index (χ1n) is 16.3. The number of nitrogen functional groups attached to an aromatic ring is 1. The molecule has 0 aromatic heterocycles. The number of benzene rings is 3. The van der Waals surface area contributed by atoms with Crippen molar-refractivity contribution in [3.63, 3.8) is 0 Å². The molecule has 1 fully saturated rings. The standard InChI is InChI=1S/C33H41B4IN2O2.C2H6/c1-25(40-38)42-32(34-2)28-14-15-29(31(39)23-28)24-37(30-12-8-5-9-13-30)33(41)35(3)20-21-36-18-16-27(17-19-36)22-26-10-6-4-7-11-26;1-2/h4-15,23,27,40H,1,16-22,24,39H2,2-3H3;1-2H3. The second-order valence-corrected chi connectivity index (χ2v) is 12.4. The number of carbonyl (C=O) groups excluding carboxylic acids is 1. The number of hydrogen-bond donors (Lipinski definition) is 2. The van der Waals surface area contributed by atoms with Crippen LogP contribution >= 0.6 is 22.9 Å². The first-order valence-corrected chi connectivity index (χ1v) is 17.4. The molecule has 9 heteroatoms. The SMILES string of the molecule is C=C(NI)OC(=BC)c1ccc(CB(C(=O)B(C)CCB2CCC(Cc3ccccc3)CC2)c2ccccc2)c(N)c1.CC. The molecule has 4 nitrogen and oxygen atoms in total. The topological polar surface area (TPSA) is 64.3 Å². The second kappa shape index (κ2) is 19.0. The van der Waals surface area contributed by atoms with E-state index in [0.717, 1.165) is 41.9 Å². The molecule has 228 valence electrons. The molecule has 0 radical (unpaired) electrons. The van der Waals surface area contributed by atoms with E-state index in [1.165, 1.54) is 37.5 Å². The zero-order valence-corrected chi connectivity index (χ0v) is 29.2. The van der Waals surface area contributed by atoms with Crippen molar-refractivity contribution in [2.75, 3.05) is 5.73 Å². The molecule has 0 bridgehead atoms. The number of hydrogen-bond acceptors (Lipinski definition) is 4. The van der Waals surface area contributed by atoms with Crippen LogP contribution in [-0.2, 0) is 17.5 Å². The molecule has 1 aliphatic heterocycles. The molecule has 4 rings (SSSR count). The molecule has 1 heterocycles. The van der Waals surface area contributed by atoms with E-state index in [0.29, 0.717) is 29.1 Å². The molecule has 3 aromatic rings. The number of ether oxygens (including phenoxy) is 1. The Bertz CT molecular complexity index is 1350. The zero-order valence-electron chi connectivity index (χ0n) is 27.0. The largest absolute Gasteiger partial charge is 0.0683 e. The minimum absolute atomic E-state index is 0.00700. The molecule has 44 heavy (non-hydrogen) atoms. The predicted molar refractivity (Wildman–Crippen MR) is 206 cm³/mol. The van der Waals surface area contributed by atoms with E-state index >= 15 is 0 Å². The van der Waals surface area contributed by atoms with Crippen molar-refractivity contribution >= 4 is 72.3 Å². The van der Waals surface area contributed by atoms with Crippen LogP contribution in [0.15, 0.2) is 91.3 Å². The van der Waals surface area contributed by atoms with Crippen LogP contribution in [0.1, 0.15) is 43.4 Å². The summed E-state index contributed by atoms with van der Waals surface area (Å²) in [6, 6.07) is 27.0. The Morgan fingerprint density at radius 3 is 2.30 bits per heavy atom. The van der Waals surface area contributed by atoms with E-state index in [4.69, 9.17) is 10.5 Å². The summed E-state index contributed by atoms with van der Waals surface area (Å²) in [7, 11) is 0. The summed E-state index contributed by atoms with van der Waals surface area (Å²) in [5.41, 5.74) is 12.6. The minimum atomic E-state index is -0.226. The fourth-order valence-electron chi connectivity index (χ4n) is 6.30. The van der Waals surface area contributed by atoms with Gasteiger partial charge < -0.3 is 0 Å². The summed E-state index contributed by atoms with van der Waals surface area (Å²) in [5.74, 6) is 1.24. The molecular weight excluding hydrogens is 651 g/mol. The number of carbonyl (C=O) groups is 1. The molecule has 0 spiro atoms. The Morgan fingerprint density at radius 1 is 1.07 bits per heavy atom. The molecule has 0 amide bonds. The molecule has 3 N–H and O–H groups in total. The van der Waals surface area contributed by atoms with Crippen LogP contribution in [0.5, 0.6) is 0 Å². The first kappa shape index (κ1) is 35.8. The average molecular weight is 698 g/mol. The smallest absolute Gasteiger partial charge is 0.0683 e. The van der Waals surface area contributed by atoms with Crippen LogP contribution in [-0.4, -0.2) is 38.3 Å². The van der Waals surface area contributed by atoms with E-state index < -0.39 is 0 Å². The Balaban J connectivity index is 0.00000259. The quantitative estimate of drug-likeness (QED) is 0.0590. The molecule has 0 unspecified atom stereocenters. The van der Waals surface area contributed by atoms with Crippen LogP contribution in [0.3, 0.4) is 0 Å². The Labute approximate surface area is 282 Å². The van der Waals surface area contributed by atoms with Gasteiger partial charge in [0.25, 0.3) is 0 Å². The van der Waals surface area contributed by atoms with Gasteiger partial charge in [0, 0.05) is 0 Å². The summed E-state index contributed by atoms with van der Waals surface area (Å²) in [6.07, 6.45) is 9.01. The first-order chi connectivity index (χ1) is 21.4. The summed E-state index contributed by atoms with van der Waals surface area (Å²) < 4.78 is 8.68. The van der Waals surface area contributed by atoms with Gasteiger partial charge in [-0.15, -0.1) is 0 Å². The number of anilines is 1. The normalized spacial score (nSPS) is 13.2. The van der Waals surface area contributed by atoms with Crippen molar-refractivity contribution in [1.82, 2.24) is 3.53 Å². The fraction of sp³-hybridized carbons (Fsp3) is 0.371. The molecule has 1 saturated heterocycles. The third-order valence-corrected chi connectivity index (χ3v) is 9.43. The Morgan fingerprint density at radius 2 is 1.70 bits per heavy atom. The maximum absolute atomic E-state index is 14.0. The van der Waals surface area contributed by atoms with Gasteiger partial charge in [-0.05, 0) is 17.9 Å². The van der Waals surface area contributed by atoms with Gasteiger partial charge in [-0.3, -0.25) is 0 Å². The van der Waals surface area contributed by atoms with Gasteiger partial charge in [-0.1, -0.05) is 69.7 Å². The van der Waals surface area contributed by atoms with E-state index in [-0.39, 0.29) is 13.4 Å². The van der Waals surface area contributed by atoms with E-state index in [2.05, 4.69) is 59.4 Å². The molecule has 0 saturated carbocycles. The van der Waals surface area contributed by atoms with Crippen LogP contribution in [0, 0.1) is 5.92 Å². The maximum Gasteiger partial charge on any atom is -0.0683 e. The maximum atomic E-state index is 14.0. The third-order valence-electron chi connectivity index (χ3n) is 8.83. The van der Waals surface area contributed by atoms with Gasteiger partial charge in [-0.2, -0.15) is 0 Å². The van der Waals surface area contributed by atoms with E-state index in [1.807, 2.05) is 86.9 Å². The summed E-state index contributed by atoms with van der Waals surface area (Å²) in [6.45, 7) is 14.3. The Hall–Kier alpha value is -2.67. The van der Waals surface area contributed by atoms with Gasteiger partial charge in [-0.25, -0.2) is 0 Å². The zero-order chi connectivity index (χ0) is 31.9. The van der Waals surface area contributed by atoms with Crippen molar-refractivity contribution in [3.05, 3.63) is 108 Å². The molecular formula is C35H47B4IN2O2. The number of nitrogens with two attached hydrogens (primary N) is 1. The van der Waals surface area contributed by atoms with Crippen LogP contribution in [0.25, 0.3) is 0 Å². The summed E-state index contributed by atoms with van der Waals surface area (Å²) in [4.78, 5) is 14.0. The third kappa shape index (κ3) is 10.7. The van der Waals surface area contributed by atoms with Crippen LogP contribution < -0.4 is 14.7 Å². The van der Waals surface area contributed by atoms with Crippen LogP contribution in [0.2, 0.25) is 38.9 Å². The van der Waals surface area contributed by atoms with Gasteiger partial charge in [0.2, 0.25) is 0 Å². The molecule has 3 aromatic carbocycles. The monoisotopic (exact) mass is 698 g/mol. The number of rotatable bonds is 14. The molecule has 0 atom stereocenters. The van der Waals surface area contributed by atoms with Crippen molar-refractivity contribution in [3.8, 4) is 0 Å². The van der Waals surface area contributed by atoms with Crippen molar-refractivity contribution in [2.24, 2.45) is 5.92 Å². The number of nitrogens with one attached hydrogen (secondary N) is 1. The van der Waals surface area contributed by atoms with Gasteiger partial charge in [0.1, 0.15) is 0 Å². The minimum Gasteiger partial charge on any atom is -0.0683 e. The van der Waals surface area contributed by atoms with Crippen molar-refractivity contribution in [1.29, 1.82) is 0 Å².